The first-order valence-electron chi connectivity index (χ1n) is 13.5. The molecule has 0 aliphatic heterocycles. The summed E-state index contributed by atoms with van der Waals surface area (Å²) in [7, 11) is 0. The second kappa shape index (κ2) is 10.2. The van der Waals surface area contributed by atoms with Crippen LogP contribution in [-0.2, 0) is 25.7 Å². The van der Waals surface area contributed by atoms with Gasteiger partial charge in [-0.15, -0.1) is 0 Å². The summed E-state index contributed by atoms with van der Waals surface area (Å²) in [6.07, 6.45) is 7.80. The summed E-state index contributed by atoms with van der Waals surface area (Å²) in [6, 6.07) is 17.6. The molecule has 1 aromatic heterocycles. The average molecular weight is 532 g/mol. The van der Waals surface area contributed by atoms with Crippen molar-refractivity contribution in [1.82, 2.24) is 4.98 Å². The van der Waals surface area contributed by atoms with Gasteiger partial charge in [0.2, 0.25) is 0 Å². The van der Waals surface area contributed by atoms with Crippen LogP contribution < -0.4 is 0 Å². The zero-order valence-corrected chi connectivity index (χ0v) is 22.1. The Morgan fingerprint density at radius 1 is 0.875 bits per heavy atom. The predicted octanol–water partition coefficient (Wildman–Crippen LogP) is 6.21. The fourth-order valence-corrected chi connectivity index (χ4v) is 6.44. The van der Waals surface area contributed by atoms with E-state index < -0.39 is 18.0 Å². The number of pyridine rings is 1. The molecule has 3 aromatic carbocycles. The largest absolute Gasteiger partial charge is 0.478 e. The zero-order valence-electron chi connectivity index (χ0n) is 22.1. The average Bonchev–Trinajstić information content (AvgIpc) is 2.97. The Morgan fingerprint density at radius 2 is 1.60 bits per heavy atom. The van der Waals surface area contributed by atoms with Crippen LogP contribution in [0.25, 0.3) is 16.7 Å². The summed E-state index contributed by atoms with van der Waals surface area (Å²) in [5, 5.41) is 31.5. The lowest BCUT2D eigenvalue weighted by atomic mass is 9.75. The van der Waals surface area contributed by atoms with Gasteiger partial charge in [0.15, 0.2) is 0 Å². The predicted molar refractivity (Wildman–Crippen MR) is 153 cm³/mol. The molecule has 0 saturated heterocycles. The second-order valence-electron chi connectivity index (χ2n) is 10.5. The van der Waals surface area contributed by atoms with Gasteiger partial charge in [-0.3, -0.25) is 4.98 Å². The SMILES string of the molecule is Cc1c(C(=O)O)cc(CC(O)c2ccncc2)c(C2=CCCc3c2ccc2c3CCc3ccccc3-2)c1C(=O)O. The van der Waals surface area contributed by atoms with E-state index in [4.69, 9.17) is 0 Å². The molecule has 40 heavy (non-hydrogen) atoms. The number of aromatic carboxylic acids is 2. The highest BCUT2D eigenvalue weighted by Crippen LogP contribution is 2.44. The van der Waals surface area contributed by atoms with Crippen molar-refractivity contribution in [3.05, 3.63) is 129 Å². The Hall–Kier alpha value is -4.55. The lowest BCUT2D eigenvalue weighted by molar-refractivity contribution is 0.0695. The maximum Gasteiger partial charge on any atom is 0.336 e. The van der Waals surface area contributed by atoms with Gasteiger partial charge in [-0.25, -0.2) is 9.59 Å². The Morgan fingerprint density at radius 3 is 2.35 bits per heavy atom. The van der Waals surface area contributed by atoms with Crippen LogP contribution in [0.4, 0.5) is 0 Å². The van der Waals surface area contributed by atoms with Crippen LogP contribution in [0, 0.1) is 6.92 Å². The molecule has 0 amide bonds. The van der Waals surface area contributed by atoms with E-state index in [0.29, 0.717) is 16.7 Å². The maximum absolute atomic E-state index is 12.8. The molecule has 2 aliphatic carbocycles. The Balaban J connectivity index is 1.56. The molecule has 1 atom stereocenters. The van der Waals surface area contributed by atoms with Crippen LogP contribution in [0.3, 0.4) is 0 Å². The second-order valence-corrected chi connectivity index (χ2v) is 10.5. The molecular formula is C34H29NO5. The third kappa shape index (κ3) is 4.31. The summed E-state index contributed by atoms with van der Waals surface area (Å²) in [5.41, 5.74) is 9.81. The number of carboxylic acids is 2. The molecule has 0 radical (unpaired) electrons. The van der Waals surface area contributed by atoms with Crippen molar-refractivity contribution in [1.29, 1.82) is 0 Å². The number of rotatable bonds is 6. The number of carbonyl (C=O) groups is 2. The third-order valence-electron chi connectivity index (χ3n) is 8.30. The fourth-order valence-electron chi connectivity index (χ4n) is 6.44. The standard InChI is InChI=1S/C34H29NO5/c1-19-29(33(37)38)17-22(18-30(36)21-13-15-35-16-14-21)32(31(19)34(39)40)28-8-4-7-24-26-10-9-20-5-2-3-6-23(20)25(26)11-12-27(24)28/h2-3,5-6,8,11-17,30,36H,4,7,9-10,18H2,1H3,(H,37,38)(H,39,40). The van der Waals surface area contributed by atoms with Gasteiger partial charge < -0.3 is 15.3 Å². The molecule has 200 valence electrons. The summed E-state index contributed by atoms with van der Waals surface area (Å²) < 4.78 is 0. The van der Waals surface area contributed by atoms with E-state index in [1.54, 1.807) is 31.5 Å². The van der Waals surface area contributed by atoms with Crippen LogP contribution >= 0.6 is 0 Å². The van der Waals surface area contributed by atoms with Crippen LogP contribution in [0.2, 0.25) is 0 Å². The summed E-state index contributed by atoms with van der Waals surface area (Å²) >= 11 is 0. The maximum atomic E-state index is 12.8. The lowest BCUT2D eigenvalue weighted by Gasteiger charge is -2.29. The molecular weight excluding hydrogens is 502 g/mol. The van der Waals surface area contributed by atoms with E-state index >= 15 is 0 Å². The molecule has 6 heteroatoms. The number of hydrogen-bond acceptors (Lipinski definition) is 4. The number of nitrogens with zero attached hydrogens (tertiary/aromatic N) is 1. The van der Waals surface area contributed by atoms with Crippen molar-refractivity contribution < 1.29 is 24.9 Å². The first-order valence-corrected chi connectivity index (χ1v) is 13.5. The molecule has 0 bridgehead atoms. The van der Waals surface area contributed by atoms with Crippen LogP contribution in [-0.4, -0.2) is 32.2 Å². The highest BCUT2D eigenvalue weighted by molar-refractivity contribution is 6.04. The number of aromatic nitrogens is 1. The highest BCUT2D eigenvalue weighted by Gasteiger charge is 2.30. The monoisotopic (exact) mass is 531 g/mol. The minimum atomic E-state index is -1.20. The molecule has 0 fully saturated rings. The van der Waals surface area contributed by atoms with Gasteiger partial charge in [-0.2, -0.15) is 0 Å². The van der Waals surface area contributed by atoms with E-state index in [2.05, 4.69) is 47.5 Å². The number of aliphatic hydroxyl groups is 1. The zero-order chi connectivity index (χ0) is 28.0. The molecule has 0 saturated carbocycles. The third-order valence-corrected chi connectivity index (χ3v) is 8.30. The normalized spacial score (nSPS) is 14.4. The van der Waals surface area contributed by atoms with E-state index in [-0.39, 0.29) is 23.1 Å². The number of fused-ring (bicyclic) bond motifs is 5. The number of carboxylic acid groups (broad SMARTS) is 2. The lowest BCUT2D eigenvalue weighted by Crippen LogP contribution is -2.18. The molecule has 6 rings (SSSR count). The minimum absolute atomic E-state index is 0.0287. The van der Waals surface area contributed by atoms with Gasteiger partial charge in [0, 0.05) is 24.4 Å². The Bertz CT molecular complexity index is 1700. The van der Waals surface area contributed by atoms with Crippen molar-refractivity contribution in [2.75, 3.05) is 0 Å². The number of aryl methyl sites for hydroxylation is 1. The van der Waals surface area contributed by atoms with Crippen LogP contribution in [0.1, 0.15) is 77.7 Å². The number of allylic oxidation sites excluding steroid dienone is 1. The van der Waals surface area contributed by atoms with Crippen molar-refractivity contribution in [3.63, 3.8) is 0 Å². The van der Waals surface area contributed by atoms with E-state index in [1.165, 1.54) is 33.9 Å². The van der Waals surface area contributed by atoms with Gasteiger partial charge in [0.05, 0.1) is 17.2 Å². The van der Waals surface area contributed by atoms with Gasteiger partial charge in [-0.1, -0.05) is 42.5 Å². The summed E-state index contributed by atoms with van der Waals surface area (Å²) in [4.78, 5) is 28.9. The topological polar surface area (TPSA) is 108 Å². The summed E-state index contributed by atoms with van der Waals surface area (Å²) in [6.45, 7) is 1.55. The van der Waals surface area contributed by atoms with E-state index in [1.807, 2.05) is 0 Å². The molecule has 4 aromatic rings. The quantitative estimate of drug-likeness (QED) is 0.273. The molecule has 0 spiro atoms. The highest BCUT2D eigenvalue weighted by atomic mass is 16.4. The number of hydrogen-bond donors (Lipinski definition) is 3. The number of benzene rings is 3. The minimum Gasteiger partial charge on any atom is -0.478 e. The fraction of sp³-hybridized carbons (Fsp3) is 0.206. The van der Waals surface area contributed by atoms with Crippen molar-refractivity contribution >= 4 is 17.5 Å². The van der Waals surface area contributed by atoms with Crippen LogP contribution in [0.5, 0.6) is 0 Å². The smallest absolute Gasteiger partial charge is 0.336 e. The van der Waals surface area contributed by atoms with E-state index in [9.17, 15) is 24.9 Å². The van der Waals surface area contributed by atoms with Crippen molar-refractivity contribution in [2.24, 2.45) is 0 Å². The van der Waals surface area contributed by atoms with Gasteiger partial charge in [-0.05, 0) is 106 Å². The molecule has 2 aliphatic rings. The first kappa shape index (κ1) is 25.7. The number of aliphatic hydroxyl groups excluding tert-OH is 1. The molecule has 1 heterocycles. The van der Waals surface area contributed by atoms with Crippen LogP contribution in [0.15, 0.2) is 73.1 Å². The molecule has 3 N–H and O–H groups in total. The van der Waals surface area contributed by atoms with E-state index in [0.717, 1.165) is 36.8 Å². The Kier molecular flexibility index (Phi) is 6.56. The Labute approximate surface area is 232 Å². The molecule has 1 unspecified atom stereocenters. The van der Waals surface area contributed by atoms with Crippen molar-refractivity contribution in [2.45, 2.75) is 45.1 Å². The van der Waals surface area contributed by atoms with Gasteiger partial charge in [0.1, 0.15) is 0 Å². The summed E-state index contributed by atoms with van der Waals surface area (Å²) in [5.74, 6) is -2.38. The van der Waals surface area contributed by atoms with Gasteiger partial charge in [0.25, 0.3) is 0 Å². The molecule has 6 nitrogen and oxygen atoms in total. The first-order chi connectivity index (χ1) is 19.3. The van der Waals surface area contributed by atoms with Crippen molar-refractivity contribution in [3.8, 4) is 11.1 Å². The van der Waals surface area contributed by atoms with Gasteiger partial charge >= 0.3 is 11.9 Å².